The van der Waals surface area contributed by atoms with Crippen molar-refractivity contribution < 1.29 is 4.74 Å². The summed E-state index contributed by atoms with van der Waals surface area (Å²) in [7, 11) is 1.86. The molecule has 3 unspecified atom stereocenters. The quantitative estimate of drug-likeness (QED) is 0.847. The van der Waals surface area contributed by atoms with E-state index in [-0.39, 0.29) is 5.54 Å². The van der Waals surface area contributed by atoms with Crippen molar-refractivity contribution in [3.05, 3.63) is 0 Å². The molecular weight excluding hydrogens is 250 g/mol. The molecule has 0 aromatic rings. The minimum atomic E-state index is 0.216. The molecule has 0 amide bonds. The zero-order valence-corrected chi connectivity index (χ0v) is 13.0. The van der Waals surface area contributed by atoms with Crippen LogP contribution < -0.4 is 5.73 Å². The minimum Gasteiger partial charge on any atom is -0.381 e. The number of likely N-dealkylation sites (tertiary alicyclic amines) is 2. The first-order valence-electron chi connectivity index (χ1n) is 8.49. The van der Waals surface area contributed by atoms with Gasteiger partial charge in [-0.15, -0.1) is 0 Å². The third kappa shape index (κ3) is 2.76. The van der Waals surface area contributed by atoms with Crippen LogP contribution in [0.3, 0.4) is 0 Å². The molecule has 2 aliphatic heterocycles. The van der Waals surface area contributed by atoms with Crippen LogP contribution in [0.15, 0.2) is 0 Å². The second-order valence-electron chi connectivity index (χ2n) is 7.01. The summed E-state index contributed by atoms with van der Waals surface area (Å²) in [5.74, 6) is 0. The molecule has 3 aliphatic rings. The summed E-state index contributed by atoms with van der Waals surface area (Å²) in [6, 6.07) is 0.781. The molecule has 4 heteroatoms. The zero-order chi connectivity index (χ0) is 14.0. The van der Waals surface area contributed by atoms with Gasteiger partial charge in [0, 0.05) is 38.3 Å². The Kier molecular flexibility index (Phi) is 4.65. The molecule has 2 saturated heterocycles. The molecule has 2 N–H and O–H groups in total. The van der Waals surface area contributed by atoms with Crippen molar-refractivity contribution in [3.8, 4) is 0 Å². The molecule has 116 valence electrons. The molecule has 0 radical (unpaired) electrons. The van der Waals surface area contributed by atoms with Crippen LogP contribution in [0, 0.1) is 0 Å². The number of rotatable bonds is 4. The van der Waals surface area contributed by atoms with E-state index < -0.39 is 0 Å². The molecule has 20 heavy (non-hydrogen) atoms. The van der Waals surface area contributed by atoms with Crippen LogP contribution >= 0.6 is 0 Å². The van der Waals surface area contributed by atoms with Crippen LogP contribution in [0.4, 0.5) is 0 Å². The Morgan fingerprint density at radius 3 is 2.65 bits per heavy atom. The maximum Gasteiger partial charge on any atom is 0.0589 e. The van der Waals surface area contributed by atoms with Gasteiger partial charge in [-0.05, 0) is 58.0 Å². The van der Waals surface area contributed by atoms with Gasteiger partial charge >= 0.3 is 0 Å². The van der Waals surface area contributed by atoms with Gasteiger partial charge in [0.05, 0.1) is 6.10 Å². The first-order chi connectivity index (χ1) is 9.77. The lowest BCUT2D eigenvalue weighted by molar-refractivity contribution is -0.0151. The third-order valence-electron chi connectivity index (χ3n) is 5.98. The molecule has 4 nitrogen and oxygen atoms in total. The van der Waals surface area contributed by atoms with Gasteiger partial charge in [0.15, 0.2) is 0 Å². The SMILES string of the molecule is COC1CCCC(CN)(N2CCC(N3CCCC3)C2)C1. The molecule has 0 spiro atoms. The summed E-state index contributed by atoms with van der Waals surface area (Å²) < 4.78 is 5.64. The Hall–Kier alpha value is -0.160. The predicted octanol–water partition coefficient (Wildman–Crippen LogP) is 1.44. The predicted molar refractivity (Wildman–Crippen MR) is 81.8 cm³/mol. The first-order valence-corrected chi connectivity index (χ1v) is 8.49. The zero-order valence-electron chi connectivity index (χ0n) is 13.0. The van der Waals surface area contributed by atoms with Crippen LogP contribution in [0.2, 0.25) is 0 Å². The smallest absolute Gasteiger partial charge is 0.0589 e. The molecule has 2 heterocycles. The van der Waals surface area contributed by atoms with Gasteiger partial charge in [0.2, 0.25) is 0 Å². The van der Waals surface area contributed by atoms with Crippen LogP contribution in [0.5, 0.6) is 0 Å². The highest BCUT2D eigenvalue weighted by atomic mass is 16.5. The second kappa shape index (κ2) is 6.30. The summed E-state index contributed by atoms with van der Waals surface area (Å²) in [6.45, 7) is 5.88. The molecule has 0 aromatic heterocycles. The molecule has 3 atom stereocenters. The summed E-state index contributed by atoms with van der Waals surface area (Å²) in [5, 5.41) is 0. The van der Waals surface area contributed by atoms with E-state index in [9.17, 15) is 0 Å². The van der Waals surface area contributed by atoms with Crippen molar-refractivity contribution in [2.75, 3.05) is 39.8 Å². The van der Waals surface area contributed by atoms with E-state index in [0.29, 0.717) is 6.10 Å². The van der Waals surface area contributed by atoms with Crippen molar-refractivity contribution in [2.45, 2.75) is 62.6 Å². The molecule has 3 rings (SSSR count). The van der Waals surface area contributed by atoms with Gasteiger partial charge in [-0.25, -0.2) is 0 Å². The number of hydrogen-bond donors (Lipinski definition) is 1. The highest BCUT2D eigenvalue weighted by Crippen LogP contribution is 2.37. The average molecular weight is 281 g/mol. The van der Waals surface area contributed by atoms with Crippen molar-refractivity contribution in [1.82, 2.24) is 9.80 Å². The maximum atomic E-state index is 6.22. The van der Waals surface area contributed by atoms with Crippen molar-refractivity contribution in [3.63, 3.8) is 0 Å². The summed E-state index contributed by atoms with van der Waals surface area (Å²) >= 11 is 0. The van der Waals surface area contributed by atoms with Gasteiger partial charge in [-0.1, -0.05) is 0 Å². The fraction of sp³-hybridized carbons (Fsp3) is 1.00. The van der Waals surface area contributed by atoms with Crippen LogP contribution in [0.25, 0.3) is 0 Å². The van der Waals surface area contributed by atoms with E-state index in [1.807, 2.05) is 7.11 Å². The number of nitrogens with two attached hydrogens (primary N) is 1. The molecule has 3 fully saturated rings. The fourth-order valence-corrected chi connectivity index (χ4v) is 4.67. The Morgan fingerprint density at radius 1 is 1.15 bits per heavy atom. The van der Waals surface area contributed by atoms with Gasteiger partial charge < -0.3 is 10.5 Å². The third-order valence-corrected chi connectivity index (χ3v) is 5.98. The standard InChI is InChI=1S/C16H31N3O/c1-20-15-5-4-7-16(11-15,13-17)19-10-6-14(12-19)18-8-2-3-9-18/h14-15H,2-13,17H2,1H3. The van der Waals surface area contributed by atoms with Crippen LogP contribution in [-0.2, 0) is 4.74 Å². The Labute approximate surface area is 123 Å². The maximum absolute atomic E-state index is 6.22. The first kappa shape index (κ1) is 14.8. The topological polar surface area (TPSA) is 41.7 Å². The summed E-state index contributed by atoms with van der Waals surface area (Å²) in [4.78, 5) is 5.42. The average Bonchev–Trinajstić information content (AvgIpc) is 3.17. The summed E-state index contributed by atoms with van der Waals surface area (Å²) in [6.07, 6.45) is 9.40. The number of hydrogen-bond acceptors (Lipinski definition) is 4. The van der Waals surface area contributed by atoms with Gasteiger partial charge in [0.25, 0.3) is 0 Å². The van der Waals surface area contributed by atoms with E-state index in [0.717, 1.165) is 19.0 Å². The lowest BCUT2D eigenvalue weighted by atomic mass is 9.79. The van der Waals surface area contributed by atoms with E-state index in [2.05, 4.69) is 9.80 Å². The highest BCUT2D eigenvalue weighted by molar-refractivity contribution is 5.01. The van der Waals surface area contributed by atoms with Gasteiger partial charge in [-0.3, -0.25) is 9.80 Å². The molecular formula is C16H31N3O. The highest BCUT2D eigenvalue weighted by Gasteiger charge is 2.44. The number of nitrogens with zero attached hydrogens (tertiary/aromatic N) is 2. The van der Waals surface area contributed by atoms with E-state index in [1.165, 1.54) is 64.7 Å². The van der Waals surface area contributed by atoms with Crippen LogP contribution in [-0.4, -0.2) is 67.3 Å². The second-order valence-corrected chi connectivity index (χ2v) is 7.01. The molecule has 1 saturated carbocycles. The summed E-state index contributed by atoms with van der Waals surface area (Å²) in [5.41, 5.74) is 6.44. The lowest BCUT2D eigenvalue weighted by Crippen LogP contribution is -2.57. The Bertz CT molecular complexity index is 319. The number of ether oxygens (including phenoxy) is 1. The minimum absolute atomic E-state index is 0.216. The largest absolute Gasteiger partial charge is 0.381 e. The fourth-order valence-electron chi connectivity index (χ4n) is 4.67. The Morgan fingerprint density at radius 2 is 1.95 bits per heavy atom. The Balaban J connectivity index is 1.64. The van der Waals surface area contributed by atoms with E-state index >= 15 is 0 Å². The van der Waals surface area contributed by atoms with Crippen LogP contribution in [0.1, 0.15) is 44.9 Å². The molecule has 0 bridgehead atoms. The monoisotopic (exact) mass is 281 g/mol. The van der Waals surface area contributed by atoms with Crippen molar-refractivity contribution in [2.24, 2.45) is 5.73 Å². The van der Waals surface area contributed by atoms with Gasteiger partial charge in [-0.2, -0.15) is 0 Å². The normalized spacial score (nSPS) is 40.5. The van der Waals surface area contributed by atoms with Crippen molar-refractivity contribution >= 4 is 0 Å². The van der Waals surface area contributed by atoms with Crippen molar-refractivity contribution in [1.29, 1.82) is 0 Å². The lowest BCUT2D eigenvalue weighted by Gasteiger charge is -2.46. The molecule has 1 aliphatic carbocycles. The molecule has 0 aromatic carbocycles. The van der Waals surface area contributed by atoms with E-state index in [1.54, 1.807) is 0 Å². The van der Waals surface area contributed by atoms with E-state index in [4.69, 9.17) is 10.5 Å². The number of methoxy groups -OCH3 is 1. The van der Waals surface area contributed by atoms with Gasteiger partial charge in [0.1, 0.15) is 0 Å².